The lowest BCUT2D eigenvalue weighted by molar-refractivity contribution is -0.119. The quantitative estimate of drug-likeness (QED) is 0.370. The Morgan fingerprint density at radius 1 is 0.903 bits per heavy atom. The fraction of sp³-hybridized carbons (Fsp3) is 0.0476. The van der Waals surface area contributed by atoms with Crippen molar-refractivity contribution in [3.05, 3.63) is 93.4 Å². The Morgan fingerprint density at radius 2 is 1.52 bits per heavy atom. The third kappa shape index (κ3) is 5.77. The van der Waals surface area contributed by atoms with Gasteiger partial charge >= 0.3 is 0 Å². The molecule has 10 heteroatoms. The van der Waals surface area contributed by atoms with E-state index >= 15 is 0 Å². The third-order valence-corrected chi connectivity index (χ3v) is 6.81. The van der Waals surface area contributed by atoms with Crippen molar-refractivity contribution < 1.29 is 13.2 Å². The van der Waals surface area contributed by atoms with Gasteiger partial charge in [0, 0.05) is 10.6 Å². The maximum atomic E-state index is 13.2. The number of carbonyl (C=O) groups is 1. The number of amides is 1. The van der Waals surface area contributed by atoms with Crippen LogP contribution in [0.4, 0.5) is 5.69 Å². The average Bonchev–Trinajstić information content (AvgIpc) is 2.75. The molecule has 0 aliphatic rings. The molecule has 0 saturated carbocycles. The first kappa shape index (κ1) is 23.1. The van der Waals surface area contributed by atoms with Gasteiger partial charge in [0.05, 0.1) is 26.8 Å². The van der Waals surface area contributed by atoms with Gasteiger partial charge in [-0.15, -0.1) is 0 Å². The smallest absolute Gasteiger partial charge is 0.264 e. The van der Waals surface area contributed by atoms with Crippen molar-refractivity contribution >= 4 is 62.6 Å². The summed E-state index contributed by atoms with van der Waals surface area (Å²) in [5, 5.41) is 5.00. The van der Waals surface area contributed by atoms with Crippen LogP contribution >= 0.6 is 34.8 Å². The maximum absolute atomic E-state index is 13.2. The van der Waals surface area contributed by atoms with Gasteiger partial charge in [0.2, 0.25) is 0 Å². The summed E-state index contributed by atoms with van der Waals surface area (Å²) in [5.41, 5.74) is 3.01. The minimum atomic E-state index is -4.02. The molecular formula is C21H16Cl3N3O3S. The predicted octanol–water partition coefficient (Wildman–Crippen LogP) is 4.99. The summed E-state index contributed by atoms with van der Waals surface area (Å²) in [6.07, 6.45) is 1.29. The lowest BCUT2D eigenvalue weighted by atomic mass is 10.2. The van der Waals surface area contributed by atoms with Crippen molar-refractivity contribution in [1.82, 2.24) is 5.43 Å². The SMILES string of the molecule is O=C(CN(c1ccc(Cl)cc1)S(=O)(=O)c1ccccc1)NN=Cc1c(Cl)cccc1Cl. The minimum absolute atomic E-state index is 0.0455. The van der Waals surface area contributed by atoms with Gasteiger partial charge in [-0.25, -0.2) is 13.8 Å². The second kappa shape index (κ2) is 10.2. The molecule has 0 atom stereocenters. The van der Waals surface area contributed by atoms with E-state index in [0.29, 0.717) is 20.6 Å². The number of carbonyl (C=O) groups excluding carboxylic acids is 1. The molecule has 0 bridgehead atoms. The summed E-state index contributed by atoms with van der Waals surface area (Å²) in [6.45, 7) is -0.507. The van der Waals surface area contributed by atoms with Gasteiger partial charge in [-0.05, 0) is 48.5 Å². The summed E-state index contributed by atoms with van der Waals surface area (Å²) in [5.74, 6) is -0.658. The topological polar surface area (TPSA) is 78.8 Å². The van der Waals surface area contributed by atoms with Gasteiger partial charge < -0.3 is 0 Å². The maximum Gasteiger partial charge on any atom is 0.264 e. The Hall–Kier alpha value is -2.58. The second-order valence-electron chi connectivity index (χ2n) is 6.23. The highest BCUT2D eigenvalue weighted by molar-refractivity contribution is 7.92. The number of rotatable bonds is 7. The number of hydrogen-bond acceptors (Lipinski definition) is 4. The summed E-state index contributed by atoms with van der Waals surface area (Å²) >= 11 is 18.0. The van der Waals surface area contributed by atoms with Gasteiger partial charge in [-0.3, -0.25) is 9.10 Å². The van der Waals surface area contributed by atoms with E-state index in [4.69, 9.17) is 34.8 Å². The molecule has 3 aromatic carbocycles. The van der Waals surface area contributed by atoms with Crippen LogP contribution in [-0.2, 0) is 14.8 Å². The van der Waals surface area contributed by atoms with Crippen molar-refractivity contribution in [2.24, 2.45) is 5.10 Å². The molecule has 3 aromatic rings. The van der Waals surface area contributed by atoms with E-state index in [9.17, 15) is 13.2 Å². The van der Waals surface area contributed by atoms with Crippen molar-refractivity contribution in [1.29, 1.82) is 0 Å². The van der Waals surface area contributed by atoms with Crippen molar-refractivity contribution in [2.45, 2.75) is 4.90 Å². The lowest BCUT2D eigenvalue weighted by Crippen LogP contribution is -2.39. The normalized spacial score (nSPS) is 11.5. The molecule has 1 N–H and O–H groups in total. The molecule has 1 amide bonds. The Morgan fingerprint density at radius 3 is 2.13 bits per heavy atom. The van der Waals surface area contributed by atoms with Gasteiger partial charge in [-0.1, -0.05) is 59.1 Å². The van der Waals surface area contributed by atoms with Crippen LogP contribution in [0.2, 0.25) is 15.1 Å². The number of hydrogen-bond donors (Lipinski definition) is 1. The first-order valence-electron chi connectivity index (χ1n) is 8.88. The van der Waals surface area contributed by atoms with Gasteiger partial charge in [0.1, 0.15) is 6.54 Å². The highest BCUT2D eigenvalue weighted by Gasteiger charge is 2.27. The summed E-state index contributed by atoms with van der Waals surface area (Å²) in [6, 6.07) is 18.9. The van der Waals surface area contributed by atoms with E-state index in [1.54, 1.807) is 48.5 Å². The molecule has 31 heavy (non-hydrogen) atoms. The van der Waals surface area contributed by atoms with Crippen LogP contribution in [0.5, 0.6) is 0 Å². The van der Waals surface area contributed by atoms with Crippen LogP contribution in [0.3, 0.4) is 0 Å². The molecule has 0 spiro atoms. The zero-order chi connectivity index (χ0) is 22.4. The van der Waals surface area contributed by atoms with Crippen LogP contribution < -0.4 is 9.73 Å². The van der Waals surface area contributed by atoms with Gasteiger partial charge in [-0.2, -0.15) is 5.10 Å². The number of nitrogens with one attached hydrogen (secondary N) is 1. The Kier molecular flexibility index (Phi) is 7.56. The molecule has 0 aromatic heterocycles. The Balaban J connectivity index is 1.84. The van der Waals surface area contributed by atoms with Crippen LogP contribution in [0.25, 0.3) is 0 Å². The number of hydrazone groups is 1. The molecule has 0 aliphatic carbocycles. The largest absolute Gasteiger partial charge is 0.271 e. The van der Waals surface area contributed by atoms with Crippen LogP contribution in [0, 0.1) is 0 Å². The highest BCUT2D eigenvalue weighted by Crippen LogP contribution is 2.25. The van der Waals surface area contributed by atoms with E-state index in [0.717, 1.165) is 4.31 Å². The van der Waals surface area contributed by atoms with Crippen molar-refractivity contribution in [3.63, 3.8) is 0 Å². The zero-order valence-electron chi connectivity index (χ0n) is 15.9. The number of anilines is 1. The zero-order valence-corrected chi connectivity index (χ0v) is 19.0. The molecule has 3 rings (SSSR count). The Labute approximate surface area is 195 Å². The lowest BCUT2D eigenvalue weighted by Gasteiger charge is -2.23. The molecule has 0 fully saturated rings. The number of sulfonamides is 1. The predicted molar refractivity (Wildman–Crippen MR) is 125 cm³/mol. The second-order valence-corrected chi connectivity index (χ2v) is 9.34. The molecule has 160 valence electrons. The minimum Gasteiger partial charge on any atom is -0.271 e. The fourth-order valence-electron chi connectivity index (χ4n) is 2.61. The fourth-order valence-corrected chi connectivity index (χ4v) is 4.67. The summed E-state index contributed by atoms with van der Waals surface area (Å²) in [7, 11) is -4.02. The van der Waals surface area contributed by atoms with E-state index in [-0.39, 0.29) is 10.6 Å². The van der Waals surface area contributed by atoms with E-state index in [2.05, 4.69) is 10.5 Å². The van der Waals surface area contributed by atoms with E-state index in [1.807, 2.05) is 0 Å². The first-order chi connectivity index (χ1) is 14.8. The van der Waals surface area contributed by atoms with E-state index in [1.165, 1.54) is 30.5 Å². The summed E-state index contributed by atoms with van der Waals surface area (Å²) < 4.78 is 27.3. The van der Waals surface area contributed by atoms with Crippen molar-refractivity contribution in [2.75, 3.05) is 10.8 Å². The standard InChI is InChI=1S/C21H16Cl3N3O3S/c22-15-9-11-16(12-10-15)27(31(29,30)17-5-2-1-3-6-17)14-21(28)26-25-13-18-19(23)7-4-8-20(18)24/h1-13H,14H2,(H,26,28). The van der Waals surface area contributed by atoms with E-state index < -0.39 is 22.5 Å². The molecule has 6 nitrogen and oxygen atoms in total. The number of benzene rings is 3. The Bertz CT molecular complexity index is 1180. The van der Waals surface area contributed by atoms with Crippen LogP contribution in [0.1, 0.15) is 5.56 Å². The molecule has 0 unspecified atom stereocenters. The number of halogens is 3. The molecule has 0 saturated heterocycles. The van der Waals surface area contributed by atoms with Crippen molar-refractivity contribution in [3.8, 4) is 0 Å². The first-order valence-corrected chi connectivity index (χ1v) is 11.5. The van der Waals surface area contributed by atoms with Gasteiger partial charge in [0.25, 0.3) is 15.9 Å². The molecular weight excluding hydrogens is 481 g/mol. The van der Waals surface area contributed by atoms with Crippen LogP contribution in [-0.4, -0.2) is 27.1 Å². The highest BCUT2D eigenvalue weighted by atomic mass is 35.5. The molecule has 0 radical (unpaired) electrons. The molecule has 0 aliphatic heterocycles. The average molecular weight is 497 g/mol. The summed E-state index contributed by atoms with van der Waals surface area (Å²) in [4.78, 5) is 12.6. The van der Waals surface area contributed by atoms with Crippen LogP contribution in [0.15, 0.2) is 82.8 Å². The monoisotopic (exact) mass is 495 g/mol. The number of nitrogens with zero attached hydrogens (tertiary/aromatic N) is 2. The third-order valence-electron chi connectivity index (χ3n) is 4.12. The molecule has 0 heterocycles. The van der Waals surface area contributed by atoms with Gasteiger partial charge in [0.15, 0.2) is 0 Å².